The van der Waals surface area contributed by atoms with Gasteiger partial charge in [-0.25, -0.2) is 0 Å². The first-order valence-corrected chi connectivity index (χ1v) is 6.76. The molecule has 0 aliphatic carbocycles. The maximum atomic E-state index is 8.75. The van der Waals surface area contributed by atoms with Gasteiger partial charge in [0.25, 0.3) is 0 Å². The Hall–Kier alpha value is -1.37. The predicted octanol–water partition coefficient (Wildman–Crippen LogP) is 2.13. The monoisotopic (exact) mass is 243 g/mol. The van der Waals surface area contributed by atoms with Crippen LogP contribution in [0.25, 0.3) is 0 Å². The van der Waals surface area contributed by atoms with E-state index in [1.807, 2.05) is 24.3 Å². The summed E-state index contributed by atoms with van der Waals surface area (Å²) in [7, 11) is 0. The van der Waals surface area contributed by atoms with E-state index in [9.17, 15) is 0 Å². The number of nitrogens with one attached hydrogen (secondary N) is 1. The van der Waals surface area contributed by atoms with Crippen molar-refractivity contribution in [3.05, 3.63) is 35.4 Å². The zero-order chi connectivity index (χ0) is 12.8. The average molecular weight is 243 g/mol. The third kappa shape index (κ3) is 3.56. The highest BCUT2D eigenvalue weighted by atomic mass is 15.2. The molecule has 1 aromatic carbocycles. The van der Waals surface area contributed by atoms with Crippen LogP contribution in [0, 0.1) is 11.3 Å². The Morgan fingerprint density at radius 3 is 2.83 bits per heavy atom. The van der Waals surface area contributed by atoms with Crippen molar-refractivity contribution < 1.29 is 0 Å². The van der Waals surface area contributed by atoms with Crippen LogP contribution in [0.1, 0.15) is 30.9 Å². The lowest BCUT2D eigenvalue weighted by Gasteiger charge is -2.32. The Balaban J connectivity index is 1.81. The summed E-state index contributed by atoms with van der Waals surface area (Å²) < 4.78 is 0. The van der Waals surface area contributed by atoms with Gasteiger partial charge < -0.3 is 10.2 Å². The Morgan fingerprint density at radius 2 is 2.17 bits per heavy atom. The van der Waals surface area contributed by atoms with Crippen molar-refractivity contribution in [1.29, 1.82) is 5.26 Å². The van der Waals surface area contributed by atoms with Crippen LogP contribution in [0.15, 0.2) is 24.3 Å². The fourth-order valence-corrected chi connectivity index (χ4v) is 2.47. The molecule has 96 valence electrons. The zero-order valence-electron chi connectivity index (χ0n) is 11.0. The lowest BCUT2D eigenvalue weighted by molar-refractivity contribution is 0.198. The molecule has 0 radical (unpaired) electrons. The lowest BCUT2D eigenvalue weighted by Crippen LogP contribution is -2.45. The van der Waals surface area contributed by atoms with Crippen molar-refractivity contribution in [3.63, 3.8) is 0 Å². The van der Waals surface area contributed by atoms with E-state index in [1.165, 1.54) is 24.9 Å². The molecule has 0 amide bonds. The zero-order valence-corrected chi connectivity index (χ0v) is 11.0. The topological polar surface area (TPSA) is 39.1 Å². The maximum Gasteiger partial charge on any atom is 0.0991 e. The van der Waals surface area contributed by atoms with E-state index in [0.717, 1.165) is 25.2 Å². The van der Waals surface area contributed by atoms with Gasteiger partial charge in [0.05, 0.1) is 11.6 Å². The normalized spacial score (nSPS) is 20.6. The van der Waals surface area contributed by atoms with E-state index in [2.05, 4.69) is 23.2 Å². The van der Waals surface area contributed by atoms with E-state index in [0.29, 0.717) is 6.04 Å². The molecule has 0 spiro atoms. The molecule has 1 unspecified atom stereocenters. The van der Waals surface area contributed by atoms with Gasteiger partial charge in [-0.1, -0.05) is 19.1 Å². The first-order valence-electron chi connectivity index (χ1n) is 6.76. The van der Waals surface area contributed by atoms with Crippen LogP contribution >= 0.6 is 0 Å². The molecule has 1 aliphatic heterocycles. The van der Waals surface area contributed by atoms with Gasteiger partial charge in [0.2, 0.25) is 0 Å². The molecule has 0 aromatic heterocycles. The van der Waals surface area contributed by atoms with Crippen molar-refractivity contribution in [2.24, 2.45) is 0 Å². The molecule has 1 aromatic rings. The first kappa shape index (κ1) is 13.1. The SMILES string of the molecule is CCN1CCCC(NCc2ccc(C#N)cc2)C1. The molecular formula is C15H21N3. The molecule has 18 heavy (non-hydrogen) atoms. The van der Waals surface area contributed by atoms with Gasteiger partial charge in [0, 0.05) is 19.1 Å². The van der Waals surface area contributed by atoms with Crippen LogP contribution in [0.3, 0.4) is 0 Å². The Kier molecular flexibility index (Phi) is 4.74. The Morgan fingerprint density at radius 1 is 1.39 bits per heavy atom. The average Bonchev–Trinajstić information content (AvgIpc) is 2.46. The second-order valence-electron chi connectivity index (χ2n) is 4.92. The molecule has 1 fully saturated rings. The number of likely N-dealkylation sites (tertiary alicyclic amines) is 1. The van der Waals surface area contributed by atoms with Crippen LogP contribution in [-0.4, -0.2) is 30.6 Å². The Bertz CT molecular complexity index is 405. The number of benzene rings is 1. The molecular weight excluding hydrogens is 222 g/mol. The third-order valence-electron chi connectivity index (χ3n) is 3.63. The van der Waals surface area contributed by atoms with Gasteiger partial charge >= 0.3 is 0 Å². The highest BCUT2D eigenvalue weighted by molar-refractivity contribution is 5.31. The molecule has 1 atom stereocenters. The van der Waals surface area contributed by atoms with E-state index in [4.69, 9.17) is 5.26 Å². The predicted molar refractivity (Wildman–Crippen MR) is 73.1 cm³/mol. The van der Waals surface area contributed by atoms with Crippen molar-refractivity contribution >= 4 is 0 Å². The van der Waals surface area contributed by atoms with Crippen molar-refractivity contribution in [3.8, 4) is 6.07 Å². The van der Waals surface area contributed by atoms with Gasteiger partial charge in [-0.05, 0) is 43.6 Å². The van der Waals surface area contributed by atoms with Gasteiger partial charge in [-0.15, -0.1) is 0 Å². The quantitative estimate of drug-likeness (QED) is 0.880. The smallest absolute Gasteiger partial charge is 0.0991 e. The first-order chi connectivity index (χ1) is 8.81. The van der Waals surface area contributed by atoms with E-state index >= 15 is 0 Å². The summed E-state index contributed by atoms with van der Waals surface area (Å²) in [6.07, 6.45) is 2.56. The van der Waals surface area contributed by atoms with E-state index in [1.54, 1.807) is 0 Å². The molecule has 1 N–H and O–H groups in total. The number of piperidine rings is 1. The minimum Gasteiger partial charge on any atom is -0.309 e. The largest absolute Gasteiger partial charge is 0.309 e. The summed E-state index contributed by atoms with van der Waals surface area (Å²) in [6.45, 7) is 6.67. The summed E-state index contributed by atoms with van der Waals surface area (Å²) in [4.78, 5) is 2.50. The minimum atomic E-state index is 0.606. The molecule has 1 heterocycles. The van der Waals surface area contributed by atoms with Gasteiger partial charge in [-0.2, -0.15) is 5.26 Å². The number of nitrogens with zero attached hydrogens (tertiary/aromatic N) is 2. The van der Waals surface area contributed by atoms with E-state index in [-0.39, 0.29) is 0 Å². The molecule has 3 heteroatoms. The van der Waals surface area contributed by atoms with Crippen LogP contribution in [-0.2, 0) is 6.54 Å². The number of rotatable bonds is 4. The van der Waals surface area contributed by atoms with Gasteiger partial charge in [0.15, 0.2) is 0 Å². The second-order valence-corrected chi connectivity index (χ2v) is 4.92. The molecule has 0 bridgehead atoms. The van der Waals surface area contributed by atoms with Crippen LogP contribution < -0.4 is 5.32 Å². The molecule has 2 rings (SSSR count). The number of hydrogen-bond donors (Lipinski definition) is 1. The summed E-state index contributed by atoms with van der Waals surface area (Å²) in [5.74, 6) is 0. The molecule has 1 saturated heterocycles. The Labute approximate surface area is 109 Å². The van der Waals surface area contributed by atoms with Crippen LogP contribution in [0.2, 0.25) is 0 Å². The standard InChI is InChI=1S/C15H21N3/c1-2-18-9-3-4-15(12-18)17-11-14-7-5-13(10-16)6-8-14/h5-8,15,17H,2-4,9,11-12H2,1H3. The van der Waals surface area contributed by atoms with Gasteiger partial charge in [-0.3, -0.25) is 0 Å². The summed E-state index contributed by atoms with van der Waals surface area (Å²) in [6, 6.07) is 10.6. The number of nitriles is 1. The fraction of sp³-hybridized carbons (Fsp3) is 0.533. The second kappa shape index (κ2) is 6.53. The van der Waals surface area contributed by atoms with Crippen LogP contribution in [0.4, 0.5) is 0 Å². The third-order valence-corrected chi connectivity index (χ3v) is 3.63. The number of likely N-dealkylation sites (N-methyl/N-ethyl adjacent to an activating group) is 1. The minimum absolute atomic E-state index is 0.606. The van der Waals surface area contributed by atoms with Crippen molar-refractivity contribution in [2.45, 2.75) is 32.4 Å². The summed E-state index contributed by atoms with van der Waals surface area (Å²) in [5, 5.41) is 12.4. The summed E-state index contributed by atoms with van der Waals surface area (Å²) in [5.41, 5.74) is 1.98. The van der Waals surface area contributed by atoms with Crippen LogP contribution in [0.5, 0.6) is 0 Å². The lowest BCUT2D eigenvalue weighted by atomic mass is 10.1. The van der Waals surface area contributed by atoms with Gasteiger partial charge in [0.1, 0.15) is 0 Å². The fourth-order valence-electron chi connectivity index (χ4n) is 2.47. The highest BCUT2D eigenvalue weighted by Crippen LogP contribution is 2.10. The highest BCUT2D eigenvalue weighted by Gasteiger charge is 2.17. The van der Waals surface area contributed by atoms with E-state index < -0.39 is 0 Å². The van der Waals surface area contributed by atoms with Crippen molar-refractivity contribution in [2.75, 3.05) is 19.6 Å². The van der Waals surface area contributed by atoms with Crippen molar-refractivity contribution in [1.82, 2.24) is 10.2 Å². The summed E-state index contributed by atoms with van der Waals surface area (Å²) >= 11 is 0. The number of hydrogen-bond acceptors (Lipinski definition) is 3. The molecule has 1 aliphatic rings. The molecule has 0 saturated carbocycles. The maximum absolute atomic E-state index is 8.75. The molecule has 3 nitrogen and oxygen atoms in total.